The van der Waals surface area contributed by atoms with Gasteiger partial charge in [0, 0.05) is 20.9 Å². The number of phenols is 1. The van der Waals surface area contributed by atoms with Crippen molar-refractivity contribution in [2.45, 2.75) is 9.79 Å². The van der Waals surface area contributed by atoms with Crippen LogP contribution in [0.5, 0.6) is 5.75 Å². The van der Waals surface area contributed by atoms with Crippen molar-refractivity contribution in [3.8, 4) is 5.75 Å². The molecule has 140 valence electrons. The van der Waals surface area contributed by atoms with Crippen molar-refractivity contribution in [2.75, 3.05) is 10.5 Å². The Bertz CT molecular complexity index is 1110. The van der Waals surface area contributed by atoms with E-state index in [1.807, 2.05) is 0 Å². The normalized spacial score (nSPS) is 11.4. The van der Waals surface area contributed by atoms with Crippen LogP contribution in [0.25, 0.3) is 10.8 Å². The Hall–Kier alpha value is -2.23. The molecule has 27 heavy (non-hydrogen) atoms. The molecule has 0 amide bonds. The molecule has 3 rings (SSSR count). The molecule has 3 aromatic carbocycles. The molecule has 3 N–H and O–H groups in total. The molecule has 0 atom stereocenters. The summed E-state index contributed by atoms with van der Waals surface area (Å²) >= 11 is 4.15. The number of thioether (sulfide) groups is 1. The average Bonchev–Trinajstić information content (AvgIpc) is 2.63. The second-order valence-corrected chi connectivity index (χ2v) is 9.15. The predicted molar refractivity (Wildman–Crippen MR) is 109 cm³/mol. The fourth-order valence-corrected chi connectivity index (χ4v) is 4.86. The molecule has 0 aliphatic carbocycles. The van der Waals surface area contributed by atoms with Crippen molar-refractivity contribution in [1.29, 1.82) is 0 Å². The molecular formula is C18H14BrNO5S2. The fourth-order valence-electron chi connectivity index (χ4n) is 2.50. The molecule has 0 aliphatic rings. The van der Waals surface area contributed by atoms with E-state index in [2.05, 4.69) is 20.7 Å². The lowest BCUT2D eigenvalue weighted by molar-refractivity contribution is -0.133. The van der Waals surface area contributed by atoms with E-state index >= 15 is 0 Å². The Labute approximate surface area is 168 Å². The van der Waals surface area contributed by atoms with Crippen LogP contribution in [0, 0.1) is 0 Å². The van der Waals surface area contributed by atoms with E-state index in [4.69, 9.17) is 5.11 Å². The molecule has 0 fully saturated rings. The van der Waals surface area contributed by atoms with Crippen LogP contribution in [0.3, 0.4) is 0 Å². The van der Waals surface area contributed by atoms with Crippen LogP contribution in [-0.2, 0) is 14.8 Å². The highest BCUT2D eigenvalue weighted by molar-refractivity contribution is 9.10. The number of aromatic hydroxyl groups is 1. The predicted octanol–water partition coefficient (Wildman–Crippen LogP) is 4.29. The summed E-state index contributed by atoms with van der Waals surface area (Å²) in [4.78, 5) is 11.0. The molecule has 0 unspecified atom stereocenters. The molecule has 6 nitrogen and oxygen atoms in total. The van der Waals surface area contributed by atoms with E-state index in [1.54, 1.807) is 48.5 Å². The summed E-state index contributed by atoms with van der Waals surface area (Å²) in [7, 11) is -3.97. The Kier molecular flexibility index (Phi) is 5.64. The van der Waals surface area contributed by atoms with Crippen LogP contribution < -0.4 is 4.72 Å². The standard InChI is InChI=1S/C18H14BrNO5S2/c19-11-5-7-12(8-6-11)20-27(24,25)16-9-15(26-10-17(21)22)18(23)14-4-2-1-3-13(14)16/h1-9,20,23H,10H2,(H,21,22). The van der Waals surface area contributed by atoms with Gasteiger partial charge in [-0.3, -0.25) is 9.52 Å². The van der Waals surface area contributed by atoms with Gasteiger partial charge in [0.1, 0.15) is 5.75 Å². The van der Waals surface area contributed by atoms with Crippen molar-refractivity contribution >= 4 is 60.1 Å². The second-order valence-electron chi connectivity index (χ2n) is 5.56. The van der Waals surface area contributed by atoms with Crippen LogP contribution in [0.2, 0.25) is 0 Å². The number of phenolic OH excluding ortho intramolecular Hbond substituents is 1. The van der Waals surface area contributed by atoms with E-state index in [0.717, 1.165) is 16.2 Å². The van der Waals surface area contributed by atoms with Crippen LogP contribution in [0.1, 0.15) is 0 Å². The number of nitrogens with one attached hydrogen (secondary N) is 1. The van der Waals surface area contributed by atoms with Gasteiger partial charge in [-0.15, -0.1) is 11.8 Å². The summed E-state index contributed by atoms with van der Waals surface area (Å²) in [5, 5.41) is 20.0. The second kappa shape index (κ2) is 7.79. The molecule has 0 radical (unpaired) electrons. The molecule has 0 aliphatic heterocycles. The van der Waals surface area contributed by atoms with Crippen molar-refractivity contribution in [1.82, 2.24) is 0 Å². The van der Waals surface area contributed by atoms with Crippen LogP contribution >= 0.6 is 27.7 Å². The summed E-state index contributed by atoms with van der Waals surface area (Å²) < 4.78 is 29.3. The third-order valence-corrected chi connectivity index (χ3v) is 6.64. The molecule has 0 saturated heterocycles. The van der Waals surface area contributed by atoms with E-state index in [1.165, 1.54) is 6.07 Å². The lowest BCUT2D eigenvalue weighted by atomic mass is 10.1. The van der Waals surface area contributed by atoms with Gasteiger partial charge in [0.05, 0.1) is 15.5 Å². The number of sulfonamides is 1. The third-order valence-electron chi connectivity index (χ3n) is 3.68. The minimum Gasteiger partial charge on any atom is -0.506 e. The summed E-state index contributed by atoms with van der Waals surface area (Å²) in [5.41, 5.74) is 0.384. The van der Waals surface area contributed by atoms with Crippen LogP contribution in [0.4, 0.5) is 5.69 Å². The largest absolute Gasteiger partial charge is 0.506 e. The fraction of sp³-hybridized carbons (Fsp3) is 0.0556. The van der Waals surface area contributed by atoms with E-state index < -0.39 is 16.0 Å². The Balaban J connectivity index is 2.12. The minimum atomic E-state index is -3.97. The molecule has 9 heteroatoms. The molecule has 0 saturated carbocycles. The molecule has 0 aromatic heterocycles. The maximum absolute atomic E-state index is 13.0. The molecular weight excluding hydrogens is 454 g/mol. The maximum atomic E-state index is 13.0. The van der Waals surface area contributed by atoms with Gasteiger partial charge >= 0.3 is 5.97 Å². The van der Waals surface area contributed by atoms with Gasteiger partial charge in [0.15, 0.2) is 0 Å². The van der Waals surface area contributed by atoms with Gasteiger partial charge in [-0.2, -0.15) is 0 Å². The van der Waals surface area contributed by atoms with Crippen LogP contribution in [0.15, 0.2) is 68.9 Å². The van der Waals surface area contributed by atoms with Crippen molar-refractivity contribution in [3.05, 3.63) is 59.1 Å². The zero-order valence-corrected chi connectivity index (χ0v) is 16.9. The Morgan fingerprint density at radius 3 is 2.33 bits per heavy atom. The number of aliphatic carboxylic acids is 1. The monoisotopic (exact) mass is 467 g/mol. The number of fused-ring (bicyclic) bond motifs is 1. The molecule has 0 heterocycles. The smallest absolute Gasteiger partial charge is 0.313 e. The van der Waals surface area contributed by atoms with E-state index in [-0.39, 0.29) is 21.3 Å². The average molecular weight is 468 g/mol. The summed E-state index contributed by atoms with van der Waals surface area (Å²) in [6, 6.07) is 14.5. The number of carbonyl (C=O) groups is 1. The first-order valence-electron chi connectivity index (χ1n) is 7.65. The van der Waals surface area contributed by atoms with Crippen molar-refractivity contribution in [2.24, 2.45) is 0 Å². The number of anilines is 1. The number of benzene rings is 3. The van der Waals surface area contributed by atoms with Gasteiger partial charge in [-0.1, -0.05) is 40.2 Å². The highest BCUT2D eigenvalue weighted by atomic mass is 79.9. The zero-order chi connectivity index (χ0) is 19.6. The van der Waals surface area contributed by atoms with Crippen LogP contribution in [-0.4, -0.2) is 30.4 Å². The number of hydrogen-bond donors (Lipinski definition) is 3. The SMILES string of the molecule is O=C(O)CSc1cc(S(=O)(=O)Nc2ccc(Br)cc2)c2ccccc2c1O. The Morgan fingerprint density at radius 2 is 1.70 bits per heavy atom. The number of carboxylic acids is 1. The Morgan fingerprint density at radius 1 is 1.07 bits per heavy atom. The lowest BCUT2D eigenvalue weighted by Gasteiger charge is -2.14. The molecule has 0 spiro atoms. The first-order chi connectivity index (χ1) is 12.8. The summed E-state index contributed by atoms with van der Waals surface area (Å²) in [6.45, 7) is 0. The van der Waals surface area contributed by atoms with E-state index in [0.29, 0.717) is 16.5 Å². The first kappa shape index (κ1) is 19.5. The van der Waals surface area contributed by atoms with Gasteiger partial charge in [-0.05, 0) is 30.3 Å². The lowest BCUT2D eigenvalue weighted by Crippen LogP contribution is -2.13. The number of rotatable bonds is 6. The van der Waals surface area contributed by atoms with Crippen molar-refractivity contribution < 1.29 is 23.4 Å². The maximum Gasteiger partial charge on any atom is 0.313 e. The minimum absolute atomic E-state index is 0.0355. The van der Waals surface area contributed by atoms with Gasteiger partial charge in [-0.25, -0.2) is 8.42 Å². The number of hydrogen-bond acceptors (Lipinski definition) is 5. The van der Waals surface area contributed by atoms with Gasteiger partial charge < -0.3 is 10.2 Å². The highest BCUT2D eigenvalue weighted by Gasteiger charge is 2.22. The highest BCUT2D eigenvalue weighted by Crippen LogP contribution is 2.39. The third kappa shape index (κ3) is 4.37. The zero-order valence-electron chi connectivity index (χ0n) is 13.7. The van der Waals surface area contributed by atoms with Gasteiger partial charge in [0.25, 0.3) is 10.0 Å². The summed E-state index contributed by atoms with van der Waals surface area (Å²) in [6.07, 6.45) is 0. The molecule has 3 aromatic rings. The topological polar surface area (TPSA) is 104 Å². The summed E-state index contributed by atoms with van der Waals surface area (Å²) in [5.74, 6) is -1.50. The van der Waals surface area contributed by atoms with Gasteiger partial charge in [0.2, 0.25) is 0 Å². The number of halogens is 1. The quantitative estimate of drug-likeness (QED) is 0.467. The number of carboxylic acid groups (broad SMARTS) is 1. The first-order valence-corrected chi connectivity index (χ1v) is 10.9. The molecule has 0 bridgehead atoms. The van der Waals surface area contributed by atoms with E-state index in [9.17, 15) is 18.3 Å². The van der Waals surface area contributed by atoms with Crippen molar-refractivity contribution in [3.63, 3.8) is 0 Å².